The quantitative estimate of drug-likeness (QED) is 0.910. The van der Waals surface area contributed by atoms with Crippen molar-refractivity contribution < 1.29 is 14.3 Å². The van der Waals surface area contributed by atoms with E-state index in [1.165, 1.54) is 16.2 Å². The molecule has 2 heterocycles. The number of nitrogens with one attached hydrogen (secondary N) is 1. The molecule has 0 saturated carbocycles. The normalized spacial score (nSPS) is 15.2. The van der Waals surface area contributed by atoms with Crippen molar-refractivity contribution in [2.75, 3.05) is 13.6 Å². The van der Waals surface area contributed by atoms with Crippen molar-refractivity contribution in [3.8, 4) is 0 Å². The Bertz CT molecular complexity index is 531. The molecule has 1 aliphatic rings. The molecule has 20 heavy (non-hydrogen) atoms. The molecule has 0 radical (unpaired) electrons. The van der Waals surface area contributed by atoms with Gasteiger partial charge in [0.2, 0.25) is 0 Å². The average Bonchev–Trinajstić information content (AvgIpc) is 2.71. The van der Waals surface area contributed by atoms with Crippen LogP contribution in [-0.2, 0) is 17.7 Å². The molecule has 1 aromatic rings. The van der Waals surface area contributed by atoms with Gasteiger partial charge in [-0.05, 0) is 45.9 Å². The van der Waals surface area contributed by atoms with Crippen molar-refractivity contribution in [1.29, 1.82) is 0 Å². The number of rotatable bonds is 2. The summed E-state index contributed by atoms with van der Waals surface area (Å²) < 4.78 is 5.28. The number of amides is 2. The average molecular weight is 296 g/mol. The van der Waals surface area contributed by atoms with E-state index in [0.717, 1.165) is 17.0 Å². The second-order valence-corrected chi connectivity index (χ2v) is 6.92. The van der Waals surface area contributed by atoms with Crippen LogP contribution in [0.3, 0.4) is 0 Å². The highest BCUT2D eigenvalue weighted by Gasteiger charge is 2.33. The number of fused-ring (bicyclic) bond motifs is 1. The molecule has 0 aromatic carbocycles. The van der Waals surface area contributed by atoms with Gasteiger partial charge in [0.15, 0.2) is 0 Å². The van der Waals surface area contributed by atoms with E-state index < -0.39 is 11.7 Å². The Morgan fingerprint density at radius 2 is 2.20 bits per heavy atom. The Hall–Kier alpha value is -1.40. The van der Waals surface area contributed by atoms with Gasteiger partial charge in [0.05, 0.1) is 4.88 Å². The number of imide groups is 1. The number of hydrogen-bond acceptors (Lipinski definition) is 5. The number of ether oxygens (including phenoxy) is 1. The summed E-state index contributed by atoms with van der Waals surface area (Å²) in [5.41, 5.74) is 0.440. The van der Waals surface area contributed by atoms with Crippen LogP contribution in [0, 0.1) is 0 Å². The van der Waals surface area contributed by atoms with Crippen molar-refractivity contribution in [1.82, 2.24) is 10.2 Å². The summed E-state index contributed by atoms with van der Waals surface area (Å²) >= 11 is 1.45. The molecular weight excluding hydrogens is 276 g/mol. The Balaban J connectivity index is 2.17. The molecule has 1 N–H and O–H groups in total. The summed E-state index contributed by atoms with van der Waals surface area (Å²) in [7, 11) is 1.87. The first kappa shape index (κ1) is 15.0. The first-order valence-electron chi connectivity index (χ1n) is 6.63. The highest BCUT2D eigenvalue weighted by molar-refractivity contribution is 7.14. The minimum atomic E-state index is -0.593. The van der Waals surface area contributed by atoms with Crippen LogP contribution >= 0.6 is 11.3 Å². The molecule has 0 saturated heterocycles. The van der Waals surface area contributed by atoms with Crippen LogP contribution in [0.25, 0.3) is 0 Å². The van der Waals surface area contributed by atoms with Gasteiger partial charge in [-0.1, -0.05) is 0 Å². The summed E-state index contributed by atoms with van der Waals surface area (Å²) in [6.45, 7) is 6.50. The van der Waals surface area contributed by atoms with E-state index in [-0.39, 0.29) is 5.91 Å². The van der Waals surface area contributed by atoms with E-state index in [9.17, 15) is 9.59 Å². The van der Waals surface area contributed by atoms with Gasteiger partial charge in [-0.3, -0.25) is 4.79 Å². The minimum Gasteiger partial charge on any atom is -0.443 e. The maximum atomic E-state index is 12.4. The van der Waals surface area contributed by atoms with E-state index in [1.54, 1.807) is 20.8 Å². The number of nitrogens with zero attached hydrogens (tertiary/aromatic N) is 1. The predicted molar refractivity (Wildman–Crippen MR) is 78.1 cm³/mol. The summed E-state index contributed by atoms with van der Waals surface area (Å²) in [6, 6.07) is 2.04. The third kappa shape index (κ3) is 3.19. The maximum Gasteiger partial charge on any atom is 0.417 e. The third-order valence-corrected chi connectivity index (χ3v) is 4.03. The molecule has 0 atom stereocenters. The fraction of sp³-hybridized carbons (Fsp3) is 0.571. The van der Waals surface area contributed by atoms with Crippen molar-refractivity contribution >= 4 is 23.3 Å². The number of thiophene rings is 1. The molecule has 110 valence electrons. The fourth-order valence-electron chi connectivity index (χ4n) is 2.06. The maximum absolute atomic E-state index is 12.4. The molecule has 0 unspecified atom stereocenters. The summed E-state index contributed by atoms with van der Waals surface area (Å²) in [6.07, 6.45) is 0.136. The fourth-order valence-corrected chi connectivity index (χ4v) is 3.23. The number of hydrogen-bond donors (Lipinski definition) is 1. The van der Waals surface area contributed by atoms with Gasteiger partial charge in [-0.25, -0.2) is 9.69 Å². The minimum absolute atomic E-state index is 0.243. The highest BCUT2D eigenvalue weighted by Crippen LogP contribution is 2.29. The Morgan fingerprint density at radius 1 is 1.50 bits per heavy atom. The van der Waals surface area contributed by atoms with Crippen LogP contribution in [0.1, 0.15) is 40.9 Å². The van der Waals surface area contributed by atoms with E-state index in [2.05, 4.69) is 5.32 Å². The lowest BCUT2D eigenvalue weighted by atomic mass is 10.1. The Kier molecular flexibility index (Phi) is 4.15. The molecule has 0 aliphatic carbocycles. The molecule has 0 bridgehead atoms. The standard InChI is InChI=1S/C14H20N2O3S/c1-14(2,3)19-13(18)16-6-5-9-7-10(8-15-4)20-11(9)12(16)17/h7,15H,5-6,8H2,1-4H3. The topological polar surface area (TPSA) is 58.6 Å². The molecule has 2 rings (SSSR count). The molecule has 1 aromatic heterocycles. The number of carbonyl (C=O) groups is 2. The molecule has 2 amide bonds. The van der Waals surface area contributed by atoms with Crippen molar-refractivity contribution in [3.63, 3.8) is 0 Å². The lowest BCUT2D eigenvalue weighted by molar-refractivity contribution is 0.0236. The molecule has 0 fully saturated rings. The zero-order valence-electron chi connectivity index (χ0n) is 12.3. The molecule has 0 spiro atoms. The lowest BCUT2D eigenvalue weighted by Crippen LogP contribution is -2.44. The SMILES string of the molecule is CNCc1cc2c(s1)C(=O)N(C(=O)OC(C)(C)C)CC2. The smallest absolute Gasteiger partial charge is 0.417 e. The Morgan fingerprint density at radius 3 is 2.80 bits per heavy atom. The van der Waals surface area contributed by atoms with Gasteiger partial charge >= 0.3 is 6.09 Å². The lowest BCUT2D eigenvalue weighted by Gasteiger charge is -2.28. The van der Waals surface area contributed by atoms with Crippen LogP contribution in [0.5, 0.6) is 0 Å². The predicted octanol–water partition coefficient (Wildman–Crippen LogP) is 2.40. The van der Waals surface area contributed by atoms with Crippen molar-refractivity contribution in [2.24, 2.45) is 0 Å². The van der Waals surface area contributed by atoms with Crippen LogP contribution in [0.15, 0.2) is 6.07 Å². The largest absolute Gasteiger partial charge is 0.443 e. The van der Waals surface area contributed by atoms with Crippen LogP contribution in [0.2, 0.25) is 0 Å². The highest BCUT2D eigenvalue weighted by atomic mass is 32.1. The first-order valence-corrected chi connectivity index (χ1v) is 7.44. The summed E-state index contributed by atoms with van der Waals surface area (Å²) in [5, 5.41) is 3.07. The molecular formula is C14H20N2O3S. The summed E-state index contributed by atoms with van der Waals surface area (Å²) in [4.78, 5) is 27.4. The monoisotopic (exact) mass is 296 g/mol. The van der Waals surface area contributed by atoms with Gasteiger partial charge in [0, 0.05) is 18.0 Å². The second-order valence-electron chi connectivity index (χ2n) is 5.78. The zero-order chi connectivity index (χ0) is 14.9. The van der Waals surface area contributed by atoms with Gasteiger partial charge in [0.1, 0.15) is 5.60 Å². The summed E-state index contributed by atoms with van der Waals surface area (Å²) in [5.74, 6) is -0.243. The molecule has 5 nitrogen and oxygen atoms in total. The van der Waals surface area contributed by atoms with E-state index in [1.807, 2.05) is 13.1 Å². The second kappa shape index (κ2) is 5.54. The Labute approximate surface area is 122 Å². The third-order valence-electron chi connectivity index (χ3n) is 2.87. The number of carbonyl (C=O) groups excluding carboxylic acids is 2. The van der Waals surface area contributed by atoms with Crippen LogP contribution in [-0.4, -0.2) is 36.1 Å². The van der Waals surface area contributed by atoms with E-state index >= 15 is 0 Å². The van der Waals surface area contributed by atoms with Gasteiger partial charge < -0.3 is 10.1 Å². The van der Waals surface area contributed by atoms with Gasteiger partial charge in [0.25, 0.3) is 5.91 Å². The van der Waals surface area contributed by atoms with E-state index in [0.29, 0.717) is 17.8 Å². The molecule has 6 heteroatoms. The van der Waals surface area contributed by atoms with Gasteiger partial charge in [-0.2, -0.15) is 0 Å². The molecule has 1 aliphatic heterocycles. The first-order chi connectivity index (χ1) is 9.31. The van der Waals surface area contributed by atoms with Gasteiger partial charge in [-0.15, -0.1) is 11.3 Å². The zero-order valence-corrected chi connectivity index (χ0v) is 13.1. The van der Waals surface area contributed by atoms with Crippen molar-refractivity contribution in [3.05, 3.63) is 21.4 Å². The van der Waals surface area contributed by atoms with Crippen LogP contribution in [0.4, 0.5) is 4.79 Å². The van der Waals surface area contributed by atoms with E-state index in [4.69, 9.17) is 4.74 Å². The van der Waals surface area contributed by atoms with Crippen molar-refractivity contribution in [2.45, 2.75) is 39.3 Å². The van der Waals surface area contributed by atoms with Crippen LogP contribution < -0.4 is 5.32 Å².